The maximum absolute atomic E-state index is 6.07. The van der Waals surface area contributed by atoms with Gasteiger partial charge in [0.05, 0.1) is 0 Å². The maximum atomic E-state index is 6.07. The normalized spacial score (nSPS) is 10.3. The van der Waals surface area contributed by atoms with Crippen molar-refractivity contribution in [3.63, 3.8) is 0 Å². The molecule has 2 N–H and O–H groups in total. The largest absolute Gasteiger partial charge is 0.457 e. The highest BCUT2D eigenvalue weighted by atomic mass is 35.5. The first-order valence-electron chi connectivity index (χ1n) is 5.42. The molecule has 0 aliphatic carbocycles. The molecule has 0 fully saturated rings. The Balaban J connectivity index is 2.22. The van der Waals surface area contributed by atoms with E-state index in [2.05, 4.69) is 0 Å². The molecule has 0 aromatic heterocycles. The molecule has 0 radical (unpaired) electrons. The van der Waals surface area contributed by atoms with Gasteiger partial charge >= 0.3 is 0 Å². The number of hydrogen-bond donors (Lipinski definition) is 1. The molecule has 2 aromatic carbocycles. The molecule has 2 nitrogen and oxygen atoms in total. The van der Waals surface area contributed by atoms with Gasteiger partial charge in [-0.3, -0.25) is 0 Å². The molecule has 0 heterocycles. The standard InChI is InChI=1S/C14H14ClNO/c1-10-3-2-4-12(7-10)17-13-6-5-11(9-16)14(15)8-13/h2-8H,9,16H2,1H3. The second-order valence-electron chi connectivity index (χ2n) is 3.88. The van der Waals surface area contributed by atoms with Gasteiger partial charge in [0, 0.05) is 11.6 Å². The molecule has 3 heteroatoms. The second kappa shape index (κ2) is 5.21. The summed E-state index contributed by atoms with van der Waals surface area (Å²) in [5.74, 6) is 1.53. The van der Waals surface area contributed by atoms with E-state index in [4.69, 9.17) is 22.1 Å². The van der Waals surface area contributed by atoms with Crippen molar-refractivity contribution < 1.29 is 4.74 Å². The van der Waals surface area contributed by atoms with Crippen molar-refractivity contribution in [1.82, 2.24) is 0 Å². The highest BCUT2D eigenvalue weighted by Gasteiger charge is 2.02. The molecule has 0 aliphatic heterocycles. The summed E-state index contributed by atoms with van der Waals surface area (Å²) >= 11 is 6.07. The van der Waals surface area contributed by atoms with Gasteiger partial charge in [-0.1, -0.05) is 29.8 Å². The minimum atomic E-state index is 0.434. The molecule has 0 spiro atoms. The van der Waals surface area contributed by atoms with Crippen molar-refractivity contribution >= 4 is 11.6 Å². The zero-order valence-electron chi connectivity index (χ0n) is 9.61. The van der Waals surface area contributed by atoms with E-state index in [1.165, 1.54) is 0 Å². The maximum Gasteiger partial charge on any atom is 0.128 e. The van der Waals surface area contributed by atoms with Crippen LogP contribution in [0.15, 0.2) is 42.5 Å². The van der Waals surface area contributed by atoms with Gasteiger partial charge in [0.1, 0.15) is 11.5 Å². The Morgan fingerprint density at radius 2 is 1.88 bits per heavy atom. The number of benzene rings is 2. The summed E-state index contributed by atoms with van der Waals surface area (Å²) in [6, 6.07) is 13.4. The molecule has 0 saturated heterocycles. The van der Waals surface area contributed by atoms with Gasteiger partial charge in [0.25, 0.3) is 0 Å². The Kier molecular flexibility index (Phi) is 3.67. The van der Waals surface area contributed by atoms with Gasteiger partial charge in [0.2, 0.25) is 0 Å². The number of nitrogens with two attached hydrogens (primary N) is 1. The predicted molar refractivity (Wildman–Crippen MR) is 70.6 cm³/mol. The van der Waals surface area contributed by atoms with Gasteiger partial charge in [-0.05, 0) is 42.3 Å². The lowest BCUT2D eigenvalue weighted by molar-refractivity contribution is 0.482. The molecule has 0 atom stereocenters. The lowest BCUT2D eigenvalue weighted by Gasteiger charge is -2.08. The fourth-order valence-corrected chi connectivity index (χ4v) is 1.82. The van der Waals surface area contributed by atoms with Crippen LogP contribution in [-0.2, 0) is 6.54 Å². The van der Waals surface area contributed by atoms with E-state index in [1.54, 1.807) is 6.07 Å². The summed E-state index contributed by atoms with van der Waals surface area (Å²) < 4.78 is 5.71. The minimum absolute atomic E-state index is 0.434. The first-order chi connectivity index (χ1) is 8.19. The van der Waals surface area contributed by atoms with E-state index >= 15 is 0 Å². The summed E-state index contributed by atoms with van der Waals surface area (Å²) in [5, 5.41) is 0.637. The zero-order chi connectivity index (χ0) is 12.3. The van der Waals surface area contributed by atoms with Crippen LogP contribution in [0.3, 0.4) is 0 Å². The average Bonchev–Trinajstić information content (AvgIpc) is 2.29. The number of halogens is 1. The third kappa shape index (κ3) is 2.99. The minimum Gasteiger partial charge on any atom is -0.457 e. The molecule has 0 bridgehead atoms. The second-order valence-corrected chi connectivity index (χ2v) is 4.28. The number of aryl methyl sites for hydroxylation is 1. The molecule has 0 saturated carbocycles. The smallest absolute Gasteiger partial charge is 0.128 e. The van der Waals surface area contributed by atoms with Crippen LogP contribution < -0.4 is 10.5 Å². The summed E-state index contributed by atoms with van der Waals surface area (Å²) in [5.41, 5.74) is 7.63. The Bertz CT molecular complexity index is 525. The molecule has 17 heavy (non-hydrogen) atoms. The van der Waals surface area contributed by atoms with Crippen molar-refractivity contribution in [2.45, 2.75) is 13.5 Å². The number of ether oxygens (including phenoxy) is 1. The average molecular weight is 248 g/mol. The monoisotopic (exact) mass is 247 g/mol. The fraction of sp³-hybridized carbons (Fsp3) is 0.143. The van der Waals surface area contributed by atoms with E-state index in [1.807, 2.05) is 43.3 Å². The van der Waals surface area contributed by atoms with Gasteiger partial charge in [-0.15, -0.1) is 0 Å². The Labute approximate surface area is 106 Å². The third-order valence-corrected chi connectivity index (χ3v) is 2.82. The van der Waals surface area contributed by atoms with Crippen LogP contribution in [0, 0.1) is 6.92 Å². The third-order valence-electron chi connectivity index (χ3n) is 2.47. The van der Waals surface area contributed by atoms with Crippen molar-refractivity contribution in [3.8, 4) is 11.5 Å². The molecule has 0 amide bonds. The molecule has 88 valence electrons. The van der Waals surface area contributed by atoms with Crippen LogP contribution in [0.1, 0.15) is 11.1 Å². The lowest BCUT2D eigenvalue weighted by Crippen LogP contribution is -1.97. The van der Waals surface area contributed by atoms with Crippen molar-refractivity contribution in [2.75, 3.05) is 0 Å². The van der Waals surface area contributed by atoms with Gasteiger partial charge in [-0.25, -0.2) is 0 Å². The van der Waals surface area contributed by atoms with Crippen molar-refractivity contribution in [3.05, 3.63) is 58.6 Å². The zero-order valence-corrected chi connectivity index (χ0v) is 10.4. The molecule has 0 unspecified atom stereocenters. The Hall–Kier alpha value is -1.51. The van der Waals surface area contributed by atoms with Crippen LogP contribution in [0.2, 0.25) is 5.02 Å². The van der Waals surface area contributed by atoms with E-state index in [0.717, 1.165) is 22.6 Å². The molecule has 2 rings (SSSR count). The van der Waals surface area contributed by atoms with E-state index < -0.39 is 0 Å². The van der Waals surface area contributed by atoms with Gasteiger partial charge in [0.15, 0.2) is 0 Å². The van der Waals surface area contributed by atoms with Crippen molar-refractivity contribution in [2.24, 2.45) is 5.73 Å². The Morgan fingerprint density at radius 1 is 1.12 bits per heavy atom. The molecular weight excluding hydrogens is 234 g/mol. The van der Waals surface area contributed by atoms with E-state index in [0.29, 0.717) is 11.6 Å². The quantitative estimate of drug-likeness (QED) is 0.893. The van der Waals surface area contributed by atoms with Crippen molar-refractivity contribution in [1.29, 1.82) is 0 Å². The summed E-state index contributed by atoms with van der Waals surface area (Å²) in [7, 11) is 0. The van der Waals surface area contributed by atoms with Crippen LogP contribution >= 0.6 is 11.6 Å². The van der Waals surface area contributed by atoms with Gasteiger partial charge in [-0.2, -0.15) is 0 Å². The van der Waals surface area contributed by atoms with Crippen LogP contribution in [0.5, 0.6) is 11.5 Å². The first-order valence-corrected chi connectivity index (χ1v) is 5.80. The molecule has 0 aliphatic rings. The van der Waals surface area contributed by atoms with E-state index in [9.17, 15) is 0 Å². The summed E-state index contributed by atoms with van der Waals surface area (Å²) in [6.07, 6.45) is 0. The predicted octanol–water partition coefficient (Wildman–Crippen LogP) is 3.90. The SMILES string of the molecule is Cc1cccc(Oc2ccc(CN)c(Cl)c2)c1. The first kappa shape index (κ1) is 12.0. The highest BCUT2D eigenvalue weighted by Crippen LogP contribution is 2.26. The molecular formula is C14H14ClNO. The topological polar surface area (TPSA) is 35.2 Å². The van der Waals surface area contributed by atoms with Crippen LogP contribution in [-0.4, -0.2) is 0 Å². The van der Waals surface area contributed by atoms with E-state index in [-0.39, 0.29) is 0 Å². The number of rotatable bonds is 3. The summed E-state index contributed by atoms with van der Waals surface area (Å²) in [6.45, 7) is 2.46. The lowest BCUT2D eigenvalue weighted by atomic mass is 10.2. The number of hydrogen-bond acceptors (Lipinski definition) is 2. The molecule has 2 aromatic rings. The van der Waals surface area contributed by atoms with Crippen LogP contribution in [0.4, 0.5) is 0 Å². The highest BCUT2D eigenvalue weighted by molar-refractivity contribution is 6.31. The van der Waals surface area contributed by atoms with Gasteiger partial charge < -0.3 is 10.5 Å². The Morgan fingerprint density at radius 3 is 2.53 bits per heavy atom. The summed E-state index contributed by atoms with van der Waals surface area (Å²) in [4.78, 5) is 0. The van der Waals surface area contributed by atoms with Crippen LogP contribution in [0.25, 0.3) is 0 Å². The fourth-order valence-electron chi connectivity index (χ4n) is 1.57.